The highest BCUT2D eigenvalue weighted by molar-refractivity contribution is 7.97. The summed E-state index contributed by atoms with van der Waals surface area (Å²) in [5.74, 6) is 1.39. The fraction of sp³-hybridized carbons (Fsp3) is 0.116. The molecule has 0 spiro atoms. The van der Waals surface area contributed by atoms with Gasteiger partial charge in [0, 0.05) is 63.6 Å². The van der Waals surface area contributed by atoms with Gasteiger partial charge in [-0.1, -0.05) is 43.8 Å². The van der Waals surface area contributed by atoms with Crippen molar-refractivity contribution in [2.24, 2.45) is 0 Å². The van der Waals surface area contributed by atoms with E-state index in [1.54, 1.807) is 22.7 Å². The minimum Gasteiger partial charge on any atom is -0.457 e. The van der Waals surface area contributed by atoms with E-state index in [4.69, 9.17) is 4.74 Å². The van der Waals surface area contributed by atoms with Gasteiger partial charge in [0.05, 0.1) is 10.9 Å². The number of benzene rings is 6. The van der Waals surface area contributed by atoms with Crippen LogP contribution < -0.4 is 15.6 Å². The van der Waals surface area contributed by atoms with E-state index in [1.807, 2.05) is 66.7 Å². The lowest BCUT2D eigenvalue weighted by Gasteiger charge is -2.16. The number of fused-ring (bicyclic) bond motifs is 4. The summed E-state index contributed by atoms with van der Waals surface area (Å²) in [6, 6.07) is 38.8. The first-order valence-corrected chi connectivity index (χ1v) is 18.6. The fourth-order valence-corrected chi connectivity index (χ4v) is 10.9. The highest BCUT2D eigenvalue weighted by Crippen LogP contribution is 2.40. The first-order chi connectivity index (χ1) is 23.2. The fourth-order valence-electron chi connectivity index (χ4n) is 6.27. The number of hydrogen-bond donors (Lipinski definition) is 0. The van der Waals surface area contributed by atoms with Gasteiger partial charge in [-0.25, -0.2) is 0 Å². The summed E-state index contributed by atoms with van der Waals surface area (Å²) in [7, 11) is -0.476. The SMILES string of the molecule is C.Cc1ccc(C)c([S+](c2ccc3sc4ccccc4c(=O)c3c2)c2cc(C)c(Oc3ccc4sc5ccccc5c(=O)c4c3)cc2C)c1. The van der Waals surface area contributed by atoms with Crippen LogP contribution in [0.5, 0.6) is 11.5 Å². The van der Waals surface area contributed by atoms with Crippen molar-refractivity contribution >= 4 is 73.9 Å². The van der Waals surface area contributed by atoms with E-state index >= 15 is 0 Å². The number of ether oxygens (including phenoxy) is 1. The van der Waals surface area contributed by atoms with Crippen LogP contribution in [-0.4, -0.2) is 0 Å². The molecule has 2 heterocycles. The molecule has 1 atom stereocenters. The predicted octanol–water partition coefficient (Wildman–Crippen LogP) is 11.9. The lowest BCUT2D eigenvalue weighted by molar-refractivity contribution is 0.478. The summed E-state index contributed by atoms with van der Waals surface area (Å²) >= 11 is 3.28. The highest BCUT2D eigenvalue weighted by atomic mass is 32.2. The lowest BCUT2D eigenvalue weighted by Crippen LogP contribution is -2.10. The summed E-state index contributed by atoms with van der Waals surface area (Å²) < 4.78 is 10.4. The molecule has 49 heavy (non-hydrogen) atoms. The molecule has 0 bridgehead atoms. The maximum Gasteiger partial charge on any atom is 0.196 e. The van der Waals surface area contributed by atoms with Gasteiger partial charge in [-0.2, -0.15) is 0 Å². The molecule has 0 aliphatic heterocycles. The molecule has 0 aliphatic rings. The Morgan fingerprint density at radius 3 is 1.76 bits per heavy atom. The molecule has 0 N–H and O–H groups in total. The Morgan fingerprint density at radius 2 is 1.08 bits per heavy atom. The summed E-state index contributed by atoms with van der Waals surface area (Å²) in [6.45, 7) is 8.50. The van der Waals surface area contributed by atoms with Gasteiger partial charge in [0.25, 0.3) is 0 Å². The van der Waals surface area contributed by atoms with Crippen LogP contribution in [0.4, 0.5) is 0 Å². The Bertz CT molecular complexity index is 2700. The van der Waals surface area contributed by atoms with E-state index in [0.29, 0.717) is 11.1 Å². The molecular formula is C43H35O3S3+. The third kappa shape index (κ3) is 5.84. The quantitative estimate of drug-likeness (QED) is 0.133. The van der Waals surface area contributed by atoms with Gasteiger partial charge >= 0.3 is 0 Å². The molecule has 6 aromatic carbocycles. The van der Waals surface area contributed by atoms with Crippen LogP contribution in [0.15, 0.2) is 140 Å². The molecule has 0 aliphatic carbocycles. The second-order valence-electron chi connectivity index (χ2n) is 12.2. The first-order valence-electron chi connectivity index (χ1n) is 15.8. The van der Waals surface area contributed by atoms with Crippen molar-refractivity contribution < 1.29 is 4.74 Å². The minimum atomic E-state index is -0.476. The predicted molar refractivity (Wildman–Crippen MR) is 212 cm³/mol. The van der Waals surface area contributed by atoms with Crippen LogP contribution in [0.3, 0.4) is 0 Å². The molecule has 242 valence electrons. The van der Waals surface area contributed by atoms with Crippen LogP contribution in [0.1, 0.15) is 29.7 Å². The van der Waals surface area contributed by atoms with Gasteiger partial charge < -0.3 is 4.74 Å². The minimum absolute atomic E-state index is 0. The summed E-state index contributed by atoms with van der Waals surface area (Å²) in [5, 5.41) is 2.92. The smallest absolute Gasteiger partial charge is 0.196 e. The van der Waals surface area contributed by atoms with Crippen molar-refractivity contribution in [2.45, 2.75) is 49.8 Å². The lowest BCUT2D eigenvalue weighted by atomic mass is 10.1. The van der Waals surface area contributed by atoms with E-state index in [2.05, 4.69) is 76.2 Å². The van der Waals surface area contributed by atoms with Crippen molar-refractivity contribution in [3.05, 3.63) is 158 Å². The second kappa shape index (κ2) is 12.9. The zero-order valence-corrected chi connectivity index (χ0v) is 29.4. The zero-order valence-electron chi connectivity index (χ0n) is 26.9. The van der Waals surface area contributed by atoms with Crippen molar-refractivity contribution in [1.29, 1.82) is 0 Å². The van der Waals surface area contributed by atoms with Crippen LogP contribution in [0, 0.1) is 27.7 Å². The van der Waals surface area contributed by atoms with E-state index in [9.17, 15) is 9.59 Å². The van der Waals surface area contributed by atoms with E-state index in [1.165, 1.54) is 20.9 Å². The number of rotatable bonds is 5. The molecule has 8 rings (SSSR count). The molecule has 0 saturated carbocycles. The van der Waals surface area contributed by atoms with Gasteiger partial charge in [0.2, 0.25) is 0 Å². The van der Waals surface area contributed by atoms with Gasteiger partial charge in [-0.05, 0) is 106 Å². The van der Waals surface area contributed by atoms with Crippen LogP contribution in [-0.2, 0) is 10.9 Å². The van der Waals surface area contributed by atoms with E-state index < -0.39 is 10.9 Å². The highest BCUT2D eigenvalue weighted by Gasteiger charge is 2.33. The Hall–Kier alpha value is -4.75. The molecule has 3 nitrogen and oxygen atoms in total. The van der Waals surface area contributed by atoms with Crippen molar-refractivity contribution in [2.75, 3.05) is 0 Å². The topological polar surface area (TPSA) is 43.4 Å². The first kappa shape index (κ1) is 32.8. The van der Waals surface area contributed by atoms with Gasteiger partial charge in [-0.3, -0.25) is 9.59 Å². The Kier molecular flexibility index (Phi) is 8.65. The Balaban J connectivity index is 0.00000378. The van der Waals surface area contributed by atoms with Crippen LogP contribution in [0.25, 0.3) is 40.3 Å². The van der Waals surface area contributed by atoms with Crippen LogP contribution in [0.2, 0.25) is 0 Å². The number of aryl methyl sites for hydroxylation is 4. The molecule has 2 aromatic heterocycles. The maximum absolute atomic E-state index is 13.7. The van der Waals surface area contributed by atoms with Crippen molar-refractivity contribution in [1.82, 2.24) is 0 Å². The summed E-state index contributed by atoms with van der Waals surface area (Å²) in [4.78, 5) is 30.6. The van der Waals surface area contributed by atoms with Gasteiger partial charge in [-0.15, -0.1) is 22.7 Å². The summed E-state index contributed by atoms with van der Waals surface area (Å²) in [5.41, 5.74) is 4.61. The molecule has 0 fully saturated rings. The van der Waals surface area contributed by atoms with Gasteiger partial charge in [0.15, 0.2) is 25.5 Å². The third-order valence-electron chi connectivity index (χ3n) is 8.81. The van der Waals surface area contributed by atoms with E-state index in [-0.39, 0.29) is 18.3 Å². The Labute approximate surface area is 296 Å². The normalized spacial score (nSPS) is 12.0. The molecule has 0 amide bonds. The molecule has 0 saturated heterocycles. The standard InChI is InChI=1S/C42H31O3S3.CH4/c1-24-13-14-25(2)39(19-24)48(29-16-18-38-33(23-29)42(44)31-10-6-8-12-36(31)47-38)40-21-26(3)34(20-27(40)4)45-28-15-17-37-32(22-28)41(43)30-9-5-7-11-35(30)46-37;/h5-23H,1-4H3;1H4/q+1;. The average Bonchev–Trinajstić information content (AvgIpc) is 3.09. The Morgan fingerprint density at radius 1 is 0.510 bits per heavy atom. The molecular weight excluding hydrogens is 661 g/mol. The van der Waals surface area contributed by atoms with Crippen molar-refractivity contribution in [3.8, 4) is 11.5 Å². The average molecular weight is 696 g/mol. The second-order valence-corrected chi connectivity index (χ2v) is 16.4. The largest absolute Gasteiger partial charge is 0.457 e. The van der Waals surface area contributed by atoms with Gasteiger partial charge in [0.1, 0.15) is 11.5 Å². The molecule has 6 heteroatoms. The van der Waals surface area contributed by atoms with Crippen LogP contribution >= 0.6 is 22.7 Å². The number of hydrogen-bond acceptors (Lipinski definition) is 5. The molecule has 1 unspecified atom stereocenters. The zero-order chi connectivity index (χ0) is 33.1. The maximum atomic E-state index is 13.7. The summed E-state index contributed by atoms with van der Waals surface area (Å²) in [6.07, 6.45) is 0. The van der Waals surface area contributed by atoms with Crippen molar-refractivity contribution in [3.63, 3.8) is 0 Å². The third-order valence-corrected chi connectivity index (χ3v) is 13.6. The molecule has 0 radical (unpaired) electrons. The monoisotopic (exact) mass is 695 g/mol. The molecule has 8 aromatic rings. The van der Waals surface area contributed by atoms with E-state index in [0.717, 1.165) is 56.7 Å².